The van der Waals surface area contributed by atoms with Gasteiger partial charge < -0.3 is 32.2 Å². The summed E-state index contributed by atoms with van der Waals surface area (Å²) in [6.07, 6.45) is -4.41. The molecule has 4 nitrogen and oxygen atoms in total. The minimum atomic E-state index is -4.41. The number of para-hydroxylation sites is 1. The fourth-order valence-electron chi connectivity index (χ4n) is 5.52. The molecule has 4 aromatic carbocycles. The Morgan fingerprint density at radius 2 is 1.68 bits per heavy atom. The normalized spacial score (nSPS) is 16.6. The number of methoxy groups -OCH3 is 1. The predicted molar refractivity (Wildman–Crippen MR) is 150 cm³/mol. The SMILES string of the molecule is COc1cc(C2NCC(c3ccccc3Cl)c3c2[nH]c2ccccc32)ccc1OCc1cccc(C(F)(F)F)c1.[Cl-]. The van der Waals surface area contributed by atoms with Crippen molar-refractivity contribution in [1.29, 1.82) is 0 Å². The molecule has 0 spiro atoms. The Kier molecular flexibility index (Phi) is 8.23. The Balaban J connectivity index is 0.00000337. The summed E-state index contributed by atoms with van der Waals surface area (Å²) in [5.41, 5.74) is 5.05. The van der Waals surface area contributed by atoms with Gasteiger partial charge in [0.15, 0.2) is 11.5 Å². The second-order valence-corrected chi connectivity index (χ2v) is 10.2. The van der Waals surface area contributed by atoms with Crippen LogP contribution in [0, 0.1) is 0 Å². The van der Waals surface area contributed by atoms with Crippen molar-refractivity contribution >= 4 is 22.5 Å². The van der Waals surface area contributed by atoms with Gasteiger partial charge in [-0.3, -0.25) is 0 Å². The molecule has 2 N–H and O–H groups in total. The molecule has 0 aliphatic carbocycles. The van der Waals surface area contributed by atoms with Gasteiger partial charge in [-0.1, -0.05) is 66.2 Å². The fraction of sp³-hybridized carbons (Fsp3) is 0.188. The molecule has 5 aromatic rings. The van der Waals surface area contributed by atoms with E-state index >= 15 is 0 Å². The summed E-state index contributed by atoms with van der Waals surface area (Å²) in [7, 11) is 1.55. The molecule has 1 aromatic heterocycles. The van der Waals surface area contributed by atoms with Crippen molar-refractivity contribution in [3.63, 3.8) is 0 Å². The molecule has 0 amide bonds. The van der Waals surface area contributed by atoms with Crippen LogP contribution in [0.2, 0.25) is 5.02 Å². The van der Waals surface area contributed by atoms with E-state index in [0.29, 0.717) is 23.6 Å². The number of hydrogen-bond donors (Lipinski definition) is 2. The zero-order chi connectivity index (χ0) is 27.9. The van der Waals surface area contributed by atoms with Crippen LogP contribution in [0.3, 0.4) is 0 Å². The van der Waals surface area contributed by atoms with Gasteiger partial charge in [0.1, 0.15) is 6.61 Å². The van der Waals surface area contributed by atoms with Gasteiger partial charge in [0.25, 0.3) is 0 Å². The van der Waals surface area contributed by atoms with E-state index in [9.17, 15) is 13.2 Å². The third kappa shape index (κ3) is 5.62. The number of aromatic nitrogens is 1. The van der Waals surface area contributed by atoms with Crippen LogP contribution in [0.4, 0.5) is 13.2 Å². The van der Waals surface area contributed by atoms with Gasteiger partial charge >= 0.3 is 6.18 Å². The van der Waals surface area contributed by atoms with Gasteiger partial charge in [0.05, 0.1) is 18.7 Å². The number of nitrogens with one attached hydrogen (secondary N) is 2. The number of halogens is 5. The van der Waals surface area contributed by atoms with E-state index in [1.807, 2.05) is 42.5 Å². The summed E-state index contributed by atoms with van der Waals surface area (Å²) in [6, 6.07) is 26.8. The number of aromatic amines is 1. The molecular formula is C32H26Cl2F3N2O2-. The van der Waals surface area contributed by atoms with E-state index in [1.165, 1.54) is 11.6 Å². The van der Waals surface area contributed by atoms with Gasteiger partial charge in [0.2, 0.25) is 0 Å². The summed E-state index contributed by atoms with van der Waals surface area (Å²) in [6.45, 7) is 0.659. The molecule has 0 saturated heterocycles. The second kappa shape index (κ2) is 11.7. The molecule has 9 heteroatoms. The van der Waals surface area contributed by atoms with Crippen LogP contribution < -0.4 is 27.2 Å². The molecule has 0 fully saturated rings. The standard InChI is InChI=1S/C32H26ClF3N2O2.ClH/c1-39-28-16-20(13-14-27(28)40-18-19-7-6-8-21(15-19)32(34,35)36)30-31-29(23-10-3-5-12-26(23)38-31)24(17-37-30)22-9-2-4-11-25(22)33;/h2-16,24,30,37-38H,17-18H2,1H3;1H/p-1. The molecule has 2 unspecified atom stereocenters. The van der Waals surface area contributed by atoms with Gasteiger partial charge in [-0.05, 0) is 58.7 Å². The zero-order valence-corrected chi connectivity index (χ0v) is 23.4. The number of hydrogen-bond acceptors (Lipinski definition) is 3. The highest BCUT2D eigenvalue weighted by molar-refractivity contribution is 6.31. The van der Waals surface area contributed by atoms with Crippen LogP contribution in [-0.4, -0.2) is 18.6 Å². The van der Waals surface area contributed by atoms with E-state index in [1.54, 1.807) is 19.2 Å². The van der Waals surface area contributed by atoms with E-state index in [-0.39, 0.29) is 31.0 Å². The van der Waals surface area contributed by atoms with Crippen LogP contribution in [0.25, 0.3) is 10.9 Å². The van der Waals surface area contributed by atoms with Crippen molar-refractivity contribution in [1.82, 2.24) is 10.3 Å². The van der Waals surface area contributed by atoms with Crippen molar-refractivity contribution in [2.24, 2.45) is 0 Å². The van der Waals surface area contributed by atoms with Crippen molar-refractivity contribution in [2.75, 3.05) is 13.7 Å². The quantitative estimate of drug-likeness (QED) is 0.281. The molecule has 0 bridgehead atoms. The molecule has 212 valence electrons. The molecular weight excluding hydrogens is 572 g/mol. The topological polar surface area (TPSA) is 46.3 Å². The van der Waals surface area contributed by atoms with E-state index in [0.717, 1.165) is 44.9 Å². The third-order valence-corrected chi connectivity index (χ3v) is 7.73. The number of benzene rings is 4. The first-order valence-electron chi connectivity index (χ1n) is 12.9. The molecule has 1 aliphatic rings. The van der Waals surface area contributed by atoms with Gasteiger partial charge in [-0.2, -0.15) is 13.2 Å². The van der Waals surface area contributed by atoms with Crippen LogP contribution in [0.5, 0.6) is 11.5 Å². The molecule has 41 heavy (non-hydrogen) atoms. The van der Waals surface area contributed by atoms with Crippen LogP contribution in [0.15, 0.2) is 91.0 Å². The highest BCUT2D eigenvalue weighted by Gasteiger charge is 2.34. The lowest BCUT2D eigenvalue weighted by Gasteiger charge is -2.32. The van der Waals surface area contributed by atoms with Crippen molar-refractivity contribution in [3.8, 4) is 11.5 Å². The van der Waals surface area contributed by atoms with Gasteiger partial charge in [-0.25, -0.2) is 0 Å². The molecule has 2 atom stereocenters. The first-order valence-corrected chi connectivity index (χ1v) is 13.3. The summed E-state index contributed by atoms with van der Waals surface area (Å²) in [4.78, 5) is 3.63. The third-order valence-electron chi connectivity index (χ3n) is 7.39. The lowest BCUT2D eigenvalue weighted by molar-refractivity contribution is -0.137. The Morgan fingerprint density at radius 3 is 2.46 bits per heavy atom. The maximum absolute atomic E-state index is 13.1. The number of ether oxygens (including phenoxy) is 2. The molecule has 0 radical (unpaired) electrons. The Hall–Kier alpha value is -3.65. The number of alkyl halides is 3. The Morgan fingerprint density at radius 1 is 0.902 bits per heavy atom. The first kappa shape index (κ1) is 28.9. The lowest BCUT2D eigenvalue weighted by Crippen LogP contribution is -3.00. The molecule has 0 saturated carbocycles. The lowest BCUT2D eigenvalue weighted by atomic mass is 9.83. The smallest absolute Gasteiger partial charge is 0.416 e. The van der Waals surface area contributed by atoms with Crippen LogP contribution in [0.1, 0.15) is 45.5 Å². The summed E-state index contributed by atoms with van der Waals surface area (Å²) in [5, 5.41) is 5.57. The number of H-pyrrole nitrogens is 1. The Bertz CT molecular complexity index is 1690. The van der Waals surface area contributed by atoms with Gasteiger partial charge in [-0.15, -0.1) is 0 Å². The van der Waals surface area contributed by atoms with Gasteiger partial charge in [0, 0.05) is 34.1 Å². The number of rotatable bonds is 6. The van der Waals surface area contributed by atoms with Crippen LogP contribution in [-0.2, 0) is 12.8 Å². The molecule has 2 heterocycles. The van der Waals surface area contributed by atoms with E-state index in [4.69, 9.17) is 21.1 Å². The monoisotopic (exact) mass is 597 g/mol. The fourth-order valence-corrected chi connectivity index (χ4v) is 5.78. The maximum atomic E-state index is 13.1. The minimum Gasteiger partial charge on any atom is -1.00 e. The van der Waals surface area contributed by atoms with Crippen molar-refractivity contribution in [2.45, 2.75) is 24.7 Å². The number of fused-ring (bicyclic) bond motifs is 3. The second-order valence-electron chi connectivity index (χ2n) is 9.81. The van der Waals surface area contributed by atoms with Crippen molar-refractivity contribution in [3.05, 3.63) is 130 Å². The highest BCUT2D eigenvalue weighted by Crippen LogP contribution is 2.44. The summed E-state index contributed by atoms with van der Waals surface area (Å²) in [5.74, 6) is 1.01. The Labute approximate surface area is 246 Å². The van der Waals surface area contributed by atoms with Crippen molar-refractivity contribution < 1.29 is 35.1 Å². The van der Waals surface area contributed by atoms with Crippen LogP contribution >= 0.6 is 11.6 Å². The minimum absolute atomic E-state index is 0. The first-order chi connectivity index (χ1) is 19.3. The maximum Gasteiger partial charge on any atom is 0.416 e. The average Bonchev–Trinajstić information content (AvgIpc) is 3.35. The molecule has 1 aliphatic heterocycles. The van der Waals surface area contributed by atoms with E-state index < -0.39 is 11.7 Å². The zero-order valence-electron chi connectivity index (χ0n) is 21.9. The largest absolute Gasteiger partial charge is 1.00 e. The average molecular weight is 598 g/mol. The van der Waals surface area contributed by atoms with E-state index in [2.05, 4.69) is 28.5 Å². The molecule has 6 rings (SSSR count). The highest BCUT2D eigenvalue weighted by atomic mass is 35.5. The summed E-state index contributed by atoms with van der Waals surface area (Å²) >= 11 is 6.63. The predicted octanol–water partition coefficient (Wildman–Crippen LogP) is 5.26. The summed E-state index contributed by atoms with van der Waals surface area (Å²) < 4.78 is 50.9.